The van der Waals surface area contributed by atoms with E-state index in [1.807, 2.05) is 50.3 Å². The Morgan fingerprint density at radius 1 is 1.44 bits per heavy atom. The molecule has 27 heavy (non-hydrogen) atoms. The summed E-state index contributed by atoms with van der Waals surface area (Å²) in [5, 5.41) is 2.93. The van der Waals surface area contributed by atoms with Crippen LogP contribution in [0, 0.1) is 0 Å². The van der Waals surface area contributed by atoms with Crippen molar-refractivity contribution in [1.82, 2.24) is 15.0 Å². The number of fused-ring (bicyclic) bond motifs is 1. The van der Waals surface area contributed by atoms with E-state index in [1.54, 1.807) is 6.20 Å². The highest BCUT2D eigenvalue weighted by Gasteiger charge is 2.23. The van der Waals surface area contributed by atoms with E-state index in [2.05, 4.69) is 35.9 Å². The third-order valence-electron chi connectivity index (χ3n) is 3.94. The van der Waals surface area contributed by atoms with Crippen LogP contribution in [0.15, 0.2) is 73.2 Å². The lowest BCUT2D eigenvalue weighted by Crippen LogP contribution is -2.40. The Kier molecular flexibility index (Phi) is 6.52. The number of halogens is 1. The van der Waals surface area contributed by atoms with Crippen LogP contribution < -0.4 is 10.0 Å². The number of nitrogens with one attached hydrogen (secondary N) is 2. The molecule has 0 radical (unpaired) electrons. The van der Waals surface area contributed by atoms with Gasteiger partial charge >= 0.3 is 0 Å². The van der Waals surface area contributed by atoms with E-state index in [0.717, 1.165) is 20.6 Å². The summed E-state index contributed by atoms with van der Waals surface area (Å²) in [6.07, 6.45) is 9.06. The van der Waals surface area contributed by atoms with E-state index in [1.165, 1.54) is 18.2 Å². The van der Waals surface area contributed by atoms with Crippen LogP contribution in [-0.2, 0) is 4.79 Å². The number of carbonyl (C=O) groups excluding carboxylic acids is 1. The van der Waals surface area contributed by atoms with Crippen molar-refractivity contribution in [1.29, 1.82) is 0 Å². The van der Waals surface area contributed by atoms with Gasteiger partial charge < -0.3 is 14.5 Å². The Balaban J connectivity index is 1.74. The molecule has 1 unspecified atom stereocenters. The van der Waals surface area contributed by atoms with E-state index in [4.69, 9.17) is 4.42 Å². The lowest BCUT2D eigenvalue weighted by atomic mass is 9.98. The highest BCUT2D eigenvalue weighted by Crippen LogP contribution is 2.33. The van der Waals surface area contributed by atoms with Crippen molar-refractivity contribution in [3.8, 4) is 0 Å². The van der Waals surface area contributed by atoms with E-state index in [0.29, 0.717) is 12.4 Å². The zero-order valence-corrected chi connectivity index (χ0v) is 17.3. The lowest BCUT2D eigenvalue weighted by molar-refractivity contribution is -0.115. The minimum atomic E-state index is -0.274. The van der Waals surface area contributed by atoms with Gasteiger partial charge in [0.1, 0.15) is 6.26 Å². The Hall–Kier alpha value is -2.32. The molecule has 1 amide bonds. The third kappa shape index (κ3) is 4.70. The standard InChI is InChI=1S/C19H19BrN4O2S/c1-3-5-12(4-2)14(19-21-8-9-26-19)11-22-18(25)17-23-15-7-6-13(20)10-16(15)27-24-17/h3-10,14H,11H2,1-2H3,(H,22,25)(H,23,24)/b5-3-,12-4+. The maximum Gasteiger partial charge on any atom is 0.287 e. The van der Waals surface area contributed by atoms with Gasteiger partial charge in [0.25, 0.3) is 5.91 Å². The number of amidine groups is 1. The summed E-state index contributed by atoms with van der Waals surface area (Å²) in [4.78, 5) is 22.2. The highest BCUT2D eigenvalue weighted by molar-refractivity contribution is 9.10. The average Bonchev–Trinajstić information content (AvgIpc) is 3.21. The fraction of sp³-hybridized carbons (Fsp3) is 0.211. The van der Waals surface area contributed by atoms with Crippen LogP contribution in [0.4, 0.5) is 5.69 Å². The number of aromatic nitrogens is 1. The molecule has 140 valence electrons. The molecule has 3 rings (SSSR count). The second-order valence-corrected chi connectivity index (χ2v) is 7.46. The summed E-state index contributed by atoms with van der Waals surface area (Å²) >= 11 is 4.80. The molecular weight excluding hydrogens is 428 g/mol. The van der Waals surface area contributed by atoms with E-state index in [-0.39, 0.29) is 17.7 Å². The topological polar surface area (TPSA) is 79.5 Å². The first-order chi connectivity index (χ1) is 13.1. The SMILES string of the molecule is C/C=C\C(=C/C)C(CNC(=O)C1=Nc2ccc(Br)cc2SN1)c1ncco1. The molecule has 2 aromatic rings. The molecule has 8 heteroatoms. The van der Waals surface area contributed by atoms with Crippen LogP contribution in [0.5, 0.6) is 0 Å². The zero-order chi connectivity index (χ0) is 19.2. The molecule has 1 aliphatic heterocycles. The fourth-order valence-electron chi connectivity index (χ4n) is 2.64. The number of benzene rings is 1. The molecular formula is C19H19BrN4O2S. The first-order valence-electron chi connectivity index (χ1n) is 8.40. The molecule has 1 aromatic heterocycles. The molecule has 0 aliphatic carbocycles. The molecule has 2 heterocycles. The molecule has 0 fully saturated rings. The highest BCUT2D eigenvalue weighted by atomic mass is 79.9. The van der Waals surface area contributed by atoms with Crippen molar-refractivity contribution < 1.29 is 9.21 Å². The summed E-state index contributed by atoms with van der Waals surface area (Å²) < 4.78 is 9.43. The number of aliphatic imine (C=N–C) groups is 1. The number of hydrogen-bond donors (Lipinski definition) is 2. The summed E-state index contributed by atoms with van der Waals surface area (Å²) in [6, 6.07) is 5.73. The molecule has 1 aromatic carbocycles. The maximum absolute atomic E-state index is 12.6. The molecule has 0 spiro atoms. The number of nitrogens with zero attached hydrogens (tertiary/aromatic N) is 2. The van der Waals surface area contributed by atoms with Crippen molar-refractivity contribution in [3.63, 3.8) is 0 Å². The maximum atomic E-state index is 12.6. The van der Waals surface area contributed by atoms with Gasteiger partial charge in [0.15, 0.2) is 0 Å². The van der Waals surface area contributed by atoms with Crippen LogP contribution >= 0.6 is 27.9 Å². The van der Waals surface area contributed by atoms with Gasteiger partial charge in [-0.1, -0.05) is 34.2 Å². The molecule has 6 nitrogen and oxygen atoms in total. The molecule has 2 N–H and O–H groups in total. The Morgan fingerprint density at radius 2 is 2.30 bits per heavy atom. The van der Waals surface area contributed by atoms with Crippen molar-refractivity contribution in [2.45, 2.75) is 24.7 Å². The monoisotopic (exact) mass is 446 g/mol. The normalized spacial score (nSPS) is 15.1. The van der Waals surface area contributed by atoms with Gasteiger partial charge in [-0.2, -0.15) is 0 Å². The smallest absolute Gasteiger partial charge is 0.287 e. The number of carbonyl (C=O) groups is 1. The van der Waals surface area contributed by atoms with Crippen molar-refractivity contribution >= 4 is 45.3 Å². The van der Waals surface area contributed by atoms with E-state index in [9.17, 15) is 4.79 Å². The molecule has 1 atom stereocenters. The number of hydrogen-bond acceptors (Lipinski definition) is 6. The van der Waals surface area contributed by atoms with Crippen LogP contribution in [-0.4, -0.2) is 23.3 Å². The fourth-order valence-corrected chi connectivity index (χ4v) is 3.91. The van der Waals surface area contributed by atoms with Gasteiger partial charge in [0.05, 0.1) is 22.7 Å². The summed E-state index contributed by atoms with van der Waals surface area (Å²) in [5.74, 6) is 0.382. The third-order valence-corrected chi connectivity index (χ3v) is 5.27. The predicted octanol–water partition coefficient (Wildman–Crippen LogP) is 4.50. The largest absolute Gasteiger partial charge is 0.448 e. The van der Waals surface area contributed by atoms with Crippen molar-refractivity contribution in [2.75, 3.05) is 6.54 Å². The van der Waals surface area contributed by atoms with Crippen LogP contribution in [0.1, 0.15) is 25.7 Å². The first kappa shape index (κ1) is 19.4. The molecule has 0 bridgehead atoms. The van der Waals surface area contributed by atoms with Gasteiger partial charge in [-0.3, -0.25) is 4.79 Å². The minimum Gasteiger partial charge on any atom is -0.448 e. The van der Waals surface area contributed by atoms with Crippen LogP contribution in [0.3, 0.4) is 0 Å². The second-order valence-electron chi connectivity index (χ2n) is 5.70. The Labute approximate surface area is 170 Å². The quantitative estimate of drug-likeness (QED) is 0.504. The predicted molar refractivity (Wildman–Crippen MR) is 111 cm³/mol. The summed E-state index contributed by atoms with van der Waals surface area (Å²) in [6.45, 7) is 4.25. The average molecular weight is 447 g/mol. The van der Waals surface area contributed by atoms with Crippen molar-refractivity contribution in [2.24, 2.45) is 4.99 Å². The first-order valence-corrected chi connectivity index (χ1v) is 10.0. The summed E-state index contributed by atoms with van der Waals surface area (Å²) in [7, 11) is 0. The van der Waals surface area contributed by atoms with Crippen LogP contribution in [0.25, 0.3) is 0 Å². The van der Waals surface area contributed by atoms with Crippen molar-refractivity contribution in [3.05, 3.63) is 64.8 Å². The van der Waals surface area contributed by atoms with E-state index >= 15 is 0 Å². The number of amides is 1. The Morgan fingerprint density at radius 3 is 3.00 bits per heavy atom. The van der Waals surface area contributed by atoms with Gasteiger partial charge in [-0.15, -0.1) is 0 Å². The lowest BCUT2D eigenvalue weighted by Gasteiger charge is -2.19. The van der Waals surface area contributed by atoms with Gasteiger partial charge in [-0.25, -0.2) is 9.98 Å². The number of oxazole rings is 1. The molecule has 1 aliphatic rings. The van der Waals surface area contributed by atoms with Gasteiger partial charge in [-0.05, 0) is 49.6 Å². The number of rotatable bonds is 6. The number of allylic oxidation sites excluding steroid dienone is 3. The molecule has 0 saturated heterocycles. The zero-order valence-electron chi connectivity index (χ0n) is 14.9. The Bertz CT molecular complexity index is 906. The second kappa shape index (κ2) is 9.05. The van der Waals surface area contributed by atoms with Gasteiger partial charge in [0.2, 0.25) is 11.7 Å². The van der Waals surface area contributed by atoms with Crippen LogP contribution in [0.2, 0.25) is 0 Å². The van der Waals surface area contributed by atoms with E-state index < -0.39 is 0 Å². The summed E-state index contributed by atoms with van der Waals surface area (Å²) in [5.41, 5.74) is 1.78. The molecule has 0 saturated carbocycles. The minimum absolute atomic E-state index is 0.176. The van der Waals surface area contributed by atoms with Gasteiger partial charge in [0, 0.05) is 11.0 Å².